The maximum Gasteiger partial charge on any atom is 0.251 e. The SMILES string of the molecule is CN=C(NCCNC(=O)c1cccc(OC)c1)N1CCC2(CCOC2)C1.I. The number of benzene rings is 1. The zero-order valence-electron chi connectivity index (χ0n) is 16.0. The number of guanidine groups is 1. The Morgan fingerprint density at radius 2 is 2.15 bits per heavy atom. The van der Waals surface area contributed by atoms with E-state index in [2.05, 4.69) is 20.5 Å². The number of amides is 1. The molecule has 1 spiro atoms. The van der Waals surface area contributed by atoms with Crippen LogP contribution in [0.25, 0.3) is 0 Å². The number of nitrogens with one attached hydrogen (secondary N) is 2. The van der Waals surface area contributed by atoms with Crippen LogP contribution in [-0.2, 0) is 4.74 Å². The number of methoxy groups -OCH3 is 1. The quantitative estimate of drug-likeness (QED) is 0.286. The van der Waals surface area contributed by atoms with Gasteiger partial charge in [-0.05, 0) is 31.0 Å². The van der Waals surface area contributed by atoms with Crippen LogP contribution < -0.4 is 15.4 Å². The van der Waals surface area contributed by atoms with Gasteiger partial charge in [0.15, 0.2) is 5.96 Å². The van der Waals surface area contributed by atoms with E-state index in [9.17, 15) is 4.79 Å². The average Bonchev–Trinajstić information content (AvgIpc) is 3.31. The van der Waals surface area contributed by atoms with Crippen LogP contribution in [0.2, 0.25) is 0 Å². The molecule has 8 heteroatoms. The molecule has 2 heterocycles. The molecule has 2 aliphatic rings. The molecule has 1 amide bonds. The van der Waals surface area contributed by atoms with E-state index >= 15 is 0 Å². The monoisotopic (exact) mass is 488 g/mol. The van der Waals surface area contributed by atoms with Gasteiger partial charge in [0, 0.05) is 50.8 Å². The minimum absolute atomic E-state index is 0. The fourth-order valence-corrected chi connectivity index (χ4v) is 3.64. The number of halogens is 1. The molecule has 27 heavy (non-hydrogen) atoms. The Balaban J connectivity index is 0.00000261. The van der Waals surface area contributed by atoms with Crippen LogP contribution in [0, 0.1) is 5.41 Å². The molecule has 0 radical (unpaired) electrons. The first kappa shape index (κ1) is 21.7. The summed E-state index contributed by atoms with van der Waals surface area (Å²) in [6.45, 7) is 4.87. The highest BCUT2D eigenvalue weighted by atomic mass is 127. The molecule has 1 aromatic rings. The molecule has 3 rings (SSSR count). The lowest BCUT2D eigenvalue weighted by atomic mass is 9.87. The first-order valence-corrected chi connectivity index (χ1v) is 9.11. The van der Waals surface area contributed by atoms with Gasteiger partial charge in [0.05, 0.1) is 13.7 Å². The van der Waals surface area contributed by atoms with Gasteiger partial charge in [0.1, 0.15) is 5.75 Å². The molecule has 0 aromatic heterocycles. The van der Waals surface area contributed by atoms with Crippen LogP contribution in [0.15, 0.2) is 29.3 Å². The summed E-state index contributed by atoms with van der Waals surface area (Å²) in [5.41, 5.74) is 0.898. The highest BCUT2D eigenvalue weighted by molar-refractivity contribution is 14.0. The zero-order valence-corrected chi connectivity index (χ0v) is 18.3. The van der Waals surface area contributed by atoms with Crippen molar-refractivity contribution < 1.29 is 14.3 Å². The average molecular weight is 488 g/mol. The highest BCUT2D eigenvalue weighted by Gasteiger charge is 2.42. The summed E-state index contributed by atoms with van der Waals surface area (Å²) in [5.74, 6) is 1.46. The smallest absolute Gasteiger partial charge is 0.251 e. The third-order valence-corrected chi connectivity index (χ3v) is 5.16. The van der Waals surface area contributed by atoms with Gasteiger partial charge in [0.2, 0.25) is 0 Å². The number of aliphatic imine (C=N–C) groups is 1. The van der Waals surface area contributed by atoms with Gasteiger partial charge in [0.25, 0.3) is 5.91 Å². The summed E-state index contributed by atoms with van der Waals surface area (Å²) in [4.78, 5) is 18.9. The standard InChI is InChI=1S/C19H28N4O3.HI/c1-20-18(23-10-6-19(13-23)7-11-26-14-19)22-9-8-21-17(24)15-4-3-5-16(12-15)25-2;/h3-5,12H,6-11,13-14H2,1-2H3,(H,20,22)(H,21,24);1H. The van der Waals surface area contributed by atoms with Gasteiger partial charge in [-0.15, -0.1) is 24.0 Å². The van der Waals surface area contributed by atoms with Crippen molar-refractivity contribution in [1.82, 2.24) is 15.5 Å². The van der Waals surface area contributed by atoms with Crippen LogP contribution in [0.3, 0.4) is 0 Å². The molecule has 0 saturated carbocycles. The molecule has 2 saturated heterocycles. The second-order valence-corrected chi connectivity index (χ2v) is 6.94. The largest absolute Gasteiger partial charge is 0.497 e. The minimum Gasteiger partial charge on any atom is -0.497 e. The van der Waals surface area contributed by atoms with E-state index in [-0.39, 0.29) is 29.9 Å². The maximum atomic E-state index is 12.2. The molecule has 2 N–H and O–H groups in total. The third kappa shape index (κ3) is 5.47. The summed E-state index contributed by atoms with van der Waals surface area (Å²) in [5, 5.41) is 6.26. The van der Waals surface area contributed by atoms with Crippen LogP contribution in [0.1, 0.15) is 23.2 Å². The van der Waals surface area contributed by atoms with Crippen molar-refractivity contribution in [2.24, 2.45) is 10.4 Å². The van der Waals surface area contributed by atoms with Crippen molar-refractivity contribution in [3.05, 3.63) is 29.8 Å². The first-order valence-electron chi connectivity index (χ1n) is 9.11. The second-order valence-electron chi connectivity index (χ2n) is 6.94. The van der Waals surface area contributed by atoms with E-state index in [1.165, 1.54) is 0 Å². The van der Waals surface area contributed by atoms with Gasteiger partial charge in [-0.1, -0.05) is 6.07 Å². The van der Waals surface area contributed by atoms with E-state index in [4.69, 9.17) is 9.47 Å². The van der Waals surface area contributed by atoms with Crippen LogP contribution in [0.5, 0.6) is 5.75 Å². The molecule has 2 fully saturated rings. The molecule has 150 valence electrons. The number of ether oxygens (including phenoxy) is 2. The topological polar surface area (TPSA) is 75.2 Å². The predicted molar refractivity (Wildman–Crippen MR) is 116 cm³/mol. The lowest BCUT2D eigenvalue weighted by Gasteiger charge is -2.25. The Morgan fingerprint density at radius 1 is 1.33 bits per heavy atom. The third-order valence-electron chi connectivity index (χ3n) is 5.16. The van der Waals surface area contributed by atoms with Crippen molar-refractivity contribution in [2.75, 3.05) is 53.6 Å². The van der Waals surface area contributed by atoms with Crippen LogP contribution >= 0.6 is 24.0 Å². The van der Waals surface area contributed by atoms with Crippen molar-refractivity contribution in [3.8, 4) is 5.75 Å². The van der Waals surface area contributed by atoms with Gasteiger partial charge in [-0.2, -0.15) is 0 Å². The molecule has 2 aliphatic heterocycles. The van der Waals surface area contributed by atoms with Gasteiger partial charge < -0.3 is 25.0 Å². The van der Waals surface area contributed by atoms with Crippen LogP contribution in [0.4, 0.5) is 0 Å². The summed E-state index contributed by atoms with van der Waals surface area (Å²) in [7, 11) is 3.39. The number of carbonyl (C=O) groups excluding carboxylic acids is 1. The summed E-state index contributed by atoms with van der Waals surface area (Å²) >= 11 is 0. The Labute approximate surface area is 177 Å². The number of hydrogen-bond donors (Lipinski definition) is 2. The fraction of sp³-hybridized carbons (Fsp3) is 0.579. The van der Waals surface area contributed by atoms with E-state index in [0.29, 0.717) is 29.8 Å². The molecule has 1 unspecified atom stereocenters. The zero-order chi connectivity index (χ0) is 18.4. The minimum atomic E-state index is -0.107. The Bertz CT molecular complexity index is 662. The molecular weight excluding hydrogens is 459 g/mol. The van der Waals surface area contributed by atoms with Gasteiger partial charge in [-0.3, -0.25) is 9.79 Å². The van der Waals surface area contributed by atoms with Crippen LogP contribution in [-0.4, -0.2) is 70.3 Å². The Kier molecular flexibility index (Phi) is 8.15. The van der Waals surface area contributed by atoms with E-state index in [1.54, 1.807) is 26.3 Å². The normalized spacial score (nSPS) is 21.9. The number of likely N-dealkylation sites (tertiary alicyclic amines) is 1. The van der Waals surface area contributed by atoms with E-state index in [1.807, 2.05) is 12.1 Å². The van der Waals surface area contributed by atoms with Crippen molar-refractivity contribution >= 4 is 35.8 Å². The van der Waals surface area contributed by atoms with Crippen molar-refractivity contribution in [1.29, 1.82) is 0 Å². The molecular formula is C19H29IN4O3. The second kappa shape index (κ2) is 10.1. The first-order chi connectivity index (χ1) is 12.7. The predicted octanol–water partition coefficient (Wildman–Crippen LogP) is 1.73. The van der Waals surface area contributed by atoms with E-state index in [0.717, 1.165) is 45.1 Å². The molecule has 7 nitrogen and oxygen atoms in total. The molecule has 1 atom stereocenters. The number of rotatable bonds is 5. The van der Waals surface area contributed by atoms with Gasteiger partial charge in [-0.25, -0.2) is 0 Å². The molecule has 0 bridgehead atoms. The summed E-state index contributed by atoms with van der Waals surface area (Å²) in [6.07, 6.45) is 2.29. The van der Waals surface area contributed by atoms with Crippen molar-refractivity contribution in [2.45, 2.75) is 12.8 Å². The fourth-order valence-electron chi connectivity index (χ4n) is 3.64. The molecule has 1 aromatic carbocycles. The summed E-state index contributed by atoms with van der Waals surface area (Å²) in [6, 6.07) is 7.14. The number of hydrogen-bond acceptors (Lipinski definition) is 4. The highest BCUT2D eigenvalue weighted by Crippen LogP contribution is 2.38. The number of nitrogens with zero attached hydrogens (tertiary/aromatic N) is 2. The lowest BCUT2D eigenvalue weighted by molar-refractivity contribution is 0.0954. The van der Waals surface area contributed by atoms with Gasteiger partial charge >= 0.3 is 0 Å². The van der Waals surface area contributed by atoms with Crippen molar-refractivity contribution in [3.63, 3.8) is 0 Å². The maximum absolute atomic E-state index is 12.2. The molecule has 0 aliphatic carbocycles. The Morgan fingerprint density at radius 3 is 2.85 bits per heavy atom. The van der Waals surface area contributed by atoms with E-state index < -0.39 is 0 Å². The summed E-state index contributed by atoms with van der Waals surface area (Å²) < 4.78 is 10.7. The lowest BCUT2D eigenvalue weighted by Crippen LogP contribution is -2.44. The Hall–Kier alpha value is -1.55. The number of carbonyl (C=O) groups is 1.